The molecule has 16 heavy (non-hydrogen) atoms. The van der Waals surface area contributed by atoms with Crippen LogP contribution in [0.15, 0.2) is 18.2 Å². The van der Waals surface area contributed by atoms with Crippen molar-refractivity contribution in [3.05, 3.63) is 23.8 Å². The summed E-state index contributed by atoms with van der Waals surface area (Å²) < 4.78 is 5.50. The van der Waals surface area contributed by atoms with E-state index in [-0.39, 0.29) is 6.10 Å². The second kappa shape index (κ2) is 4.86. The molecule has 84 valence electrons. The third kappa shape index (κ3) is 2.26. The van der Waals surface area contributed by atoms with Crippen molar-refractivity contribution in [2.75, 3.05) is 24.2 Å². The molecule has 4 heteroatoms. The fraction of sp³-hybridized carbons (Fsp3) is 0.417. The molecule has 1 aliphatic rings. The van der Waals surface area contributed by atoms with Gasteiger partial charge in [0, 0.05) is 13.2 Å². The lowest BCUT2D eigenvalue weighted by Gasteiger charge is -2.13. The number of ether oxygens (including phenoxy) is 1. The van der Waals surface area contributed by atoms with Gasteiger partial charge in [-0.2, -0.15) is 5.26 Å². The largest absolute Gasteiger partial charge is 0.396 e. The molecule has 1 atom stereocenters. The Morgan fingerprint density at radius 3 is 3.12 bits per heavy atom. The van der Waals surface area contributed by atoms with Crippen molar-refractivity contribution in [3.8, 4) is 6.07 Å². The standard InChI is InChI=1S/C12H15N3O/c13-7-9-3-1-5-11(12(9)14)15-8-10-4-2-6-16-10/h1,3,5,10,15H,2,4,6,8,14H2. The van der Waals surface area contributed by atoms with Crippen molar-refractivity contribution in [3.63, 3.8) is 0 Å². The first-order valence-corrected chi connectivity index (χ1v) is 5.45. The minimum absolute atomic E-state index is 0.269. The van der Waals surface area contributed by atoms with Crippen LogP contribution in [0.1, 0.15) is 18.4 Å². The van der Waals surface area contributed by atoms with Gasteiger partial charge in [-0.05, 0) is 25.0 Å². The van der Waals surface area contributed by atoms with Gasteiger partial charge in [0.1, 0.15) is 6.07 Å². The van der Waals surface area contributed by atoms with Crippen molar-refractivity contribution >= 4 is 11.4 Å². The summed E-state index contributed by atoms with van der Waals surface area (Å²) in [5.41, 5.74) is 7.70. The summed E-state index contributed by atoms with van der Waals surface area (Å²) in [6, 6.07) is 7.49. The highest BCUT2D eigenvalue weighted by molar-refractivity contribution is 5.72. The number of nitrogens with one attached hydrogen (secondary N) is 1. The van der Waals surface area contributed by atoms with Crippen LogP contribution in [0.4, 0.5) is 11.4 Å². The summed E-state index contributed by atoms with van der Waals surface area (Å²) in [5, 5.41) is 12.1. The Bertz CT molecular complexity index is 405. The Kier molecular flexibility index (Phi) is 3.28. The number of nitrogens with zero attached hydrogens (tertiary/aromatic N) is 1. The van der Waals surface area contributed by atoms with Gasteiger partial charge in [-0.1, -0.05) is 6.07 Å². The van der Waals surface area contributed by atoms with Gasteiger partial charge in [-0.25, -0.2) is 0 Å². The van der Waals surface area contributed by atoms with Crippen LogP contribution in [0, 0.1) is 11.3 Å². The number of hydrogen-bond donors (Lipinski definition) is 2. The van der Waals surface area contributed by atoms with Gasteiger partial charge in [0.25, 0.3) is 0 Å². The van der Waals surface area contributed by atoms with E-state index >= 15 is 0 Å². The van der Waals surface area contributed by atoms with Crippen molar-refractivity contribution in [1.29, 1.82) is 5.26 Å². The van der Waals surface area contributed by atoms with Crippen molar-refractivity contribution in [2.45, 2.75) is 18.9 Å². The maximum Gasteiger partial charge on any atom is 0.101 e. The number of hydrogen-bond acceptors (Lipinski definition) is 4. The molecule has 1 fully saturated rings. The monoisotopic (exact) mass is 217 g/mol. The van der Waals surface area contributed by atoms with E-state index < -0.39 is 0 Å². The summed E-state index contributed by atoms with van der Waals surface area (Å²) in [7, 11) is 0. The topological polar surface area (TPSA) is 71.1 Å². The first-order chi connectivity index (χ1) is 7.81. The molecule has 1 aromatic carbocycles. The third-order valence-corrected chi connectivity index (χ3v) is 2.77. The van der Waals surface area contributed by atoms with E-state index in [0.717, 1.165) is 31.7 Å². The highest BCUT2D eigenvalue weighted by atomic mass is 16.5. The van der Waals surface area contributed by atoms with Crippen LogP contribution in [0.3, 0.4) is 0 Å². The molecule has 3 N–H and O–H groups in total. The lowest BCUT2D eigenvalue weighted by atomic mass is 10.1. The number of anilines is 2. The predicted molar refractivity (Wildman–Crippen MR) is 63.0 cm³/mol. The Balaban J connectivity index is 2.01. The molecule has 0 amide bonds. The fourth-order valence-electron chi connectivity index (χ4n) is 1.85. The van der Waals surface area contributed by atoms with Crippen LogP contribution in [0.5, 0.6) is 0 Å². The highest BCUT2D eigenvalue weighted by Crippen LogP contribution is 2.22. The summed E-state index contributed by atoms with van der Waals surface area (Å²) in [4.78, 5) is 0. The smallest absolute Gasteiger partial charge is 0.101 e. The van der Waals surface area contributed by atoms with E-state index in [2.05, 4.69) is 11.4 Å². The molecule has 0 radical (unpaired) electrons. The first kappa shape index (κ1) is 10.8. The van der Waals surface area contributed by atoms with Gasteiger partial charge < -0.3 is 15.8 Å². The molecule has 0 saturated carbocycles. The third-order valence-electron chi connectivity index (χ3n) is 2.77. The van der Waals surface area contributed by atoms with E-state index in [0.29, 0.717) is 11.3 Å². The zero-order valence-corrected chi connectivity index (χ0v) is 9.07. The van der Waals surface area contributed by atoms with Gasteiger partial charge in [0.2, 0.25) is 0 Å². The number of para-hydroxylation sites is 1. The Morgan fingerprint density at radius 2 is 2.44 bits per heavy atom. The molecule has 1 aromatic rings. The van der Waals surface area contributed by atoms with Gasteiger partial charge in [-0.3, -0.25) is 0 Å². The average Bonchev–Trinajstić information content (AvgIpc) is 2.81. The molecule has 1 aliphatic heterocycles. The fourth-order valence-corrected chi connectivity index (χ4v) is 1.85. The second-order valence-corrected chi connectivity index (χ2v) is 3.89. The Hall–Kier alpha value is -1.73. The molecule has 1 heterocycles. The molecule has 0 spiro atoms. The van der Waals surface area contributed by atoms with E-state index in [4.69, 9.17) is 15.7 Å². The lowest BCUT2D eigenvalue weighted by molar-refractivity contribution is 0.120. The van der Waals surface area contributed by atoms with Crippen LogP contribution in [-0.4, -0.2) is 19.3 Å². The van der Waals surface area contributed by atoms with Crippen molar-refractivity contribution < 1.29 is 4.74 Å². The van der Waals surface area contributed by atoms with E-state index in [9.17, 15) is 0 Å². The second-order valence-electron chi connectivity index (χ2n) is 3.89. The molecular weight excluding hydrogens is 202 g/mol. The minimum Gasteiger partial charge on any atom is -0.396 e. The van der Waals surface area contributed by atoms with E-state index in [1.807, 2.05) is 12.1 Å². The highest BCUT2D eigenvalue weighted by Gasteiger charge is 2.15. The van der Waals surface area contributed by atoms with E-state index in [1.54, 1.807) is 6.07 Å². The van der Waals surface area contributed by atoms with Gasteiger partial charge in [0.05, 0.1) is 23.0 Å². The van der Waals surface area contributed by atoms with Crippen molar-refractivity contribution in [2.24, 2.45) is 0 Å². The lowest BCUT2D eigenvalue weighted by Crippen LogP contribution is -2.19. The maximum atomic E-state index is 8.84. The number of nitrogen functional groups attached to an aromatic ring is 1. The molecule has 1 saturated heterocycles. The summed E-state index contributed by atoms with van der Waals surface area (Å²) in [5.74, 6) is 0. The van der Waals surface area contributed by atoms with Crippen LogP contribution in [0.25, 0.3) is 0 Å². The molecule has 4 nitrogen and oxygen atoms in total. The zero-order valence-electron chi connectivity index (χ0n) is 9.07. The van der Waals surface area contributed by atoms with Crippen molar-refractivity contribution in [1.82, 2.24) is 0 Å². The summed E-state index contributed by atoms with van der Waals surface area (Å²) >= 11 is 0. The molecule has 2 rings (SSSR count). The first-order valence-electron chi connectivity index (χ1n) is 5.45. The number of benzene rings is 1. The normalized spacial score (nSPS) is 19.3. The molecule has 0 aromatic heterocycles. The van der Waals surface area contributed by atoms with Crippen LogP contribution < -0.4 is 11.1 Å². The van der Waals surface area contributed by atoms with Gasteiger partial charge in [-0.15, -0.1) is 0 Å². The zero-order chi connectivity index (χ0) is 11.4. The Morgan fingerprint density at radius 1 is 1.56 bits per heavy atom. The number of rotatable bonds is 3. The van der Waals surface area contributed by atoms with Gasteiger partial charge >= 0.3 is 0 Å². The minimum atomic E-state index is 0.269. The van der Waals surface area contributed by atoms with E-state index in [1.165, 1.54) is 0 Å². The molecule has 0 bridgehead atoms. The predicted octanol–water partition coefficient (Wildman–Crippen LogP) is 1.73. The van der Waals surface area contributed by atoms with Crippen LogP contribution in [-0.2, 0) is 4.74 Å². The molecular formula is C12H15N3O. The maximum absolute atomic E-state index is 8.84. The number of nitrogens with two attached hydrogens (primary N) is 1. The van der Waals surface area contributed by atoms with Crippen LogP contribution >= 0.6 is 0 Å². The van der Waals surface area contributed by atoms with Gasteiger partial charge in [0.15, 0.2) is 0 Å². The quantitative estimate of drug-likeness (QED) is 0.756. The molecule has 1 unspecified atom stereocenters. The SMILES string of the molecule is N#Cc1cccc(NCC2CCCO2)c1N. The summed E-state index contributed by atoms with van der Waals surface area (Å²) in [6.45, 7) is 1.60. The number of nitriles is 1. The Labute approximate surface area is 95.0 Å². The molecule has 0 aliphatic carbocycles. The average molecular weight is 217 g/mol. The van der Waals surface area contributed by atoms with Crippen LogP contribution in [0.2, 0.25) is 0 Å². The summed E-state index contributed by atoms with van der Waals surface area (Å²) in [6.07, 6.45) is 2.48.